The van der Waals surface area contributed by atoms with Gasteiger partial charge in [-0.2, -0.15) is 0 Å². The van der Waals surface area contributed by atoms with E-state index in [1.807, 2.05) is 18.5 Å². The quantitative estimate of drug-likeness (QED) is 0.190. The Morgan fingerprint density at radius 2 is 0.980 bits per heavy atom. The zero-order valence-electron chi connectivity index (χ0n) is 27.5. The smallest absolute Gasteiger partial charge is 0.144 e. The predicted octanol–water partition coefficient (Wildman–Crippen LogP) is 12.6. The molecule has 1 aliphatic carbocycles. The molecule has 0 saturated carbocycles. The van der Waals surface area contributed by atoms with E-state index in [1.54, 1.807) is 0 Å². The predicted molar refractivity (Wildman–Crippen MR) is 207 cm³/mol. The van der Waals surface area contributed by atoms with E-state index < -0.39 is 5.41 Å². The van der Waals surface area contributed by atoms with E-state index >= 15 is 0 Å². The van der Waals surface area contributed by atoms with Crippen LogP contribution in [-0.4, -0.2) is 4.98 Å². The minimum atomic E-state index is -0.626. The lowest BCUT2D eigenvalue weighted by molar-refractivity contribution is 0.668. The first-order valence-electron chi connectivity index (χ1n) is 17.4. The molecule has 1 aliphatic rings. The van der Waals surface area contributed by atoms with E-state index in [1.165, 1.54) is 27.8 Å². The van der Waals surface area contributed by atoms with Gasteiger partial charge in [0, 0.05) is 45.1 Å². The number of para-hydroxylation sites is 2. The summed E-state index contributed by atoms with van der Waals surface area (Å²) in [5.41, 5.74) is 14.6. The number of hydrogen-bond donors (Lipinski definition) is 0. The summed E-state index contributed by atoms with van der Waals surface area (Å²) in [5.74, 6) is 0. The zero-order valence-corrected chi connectivity index (χ0v) is 27.5. The van der Waals surface area contributed by atoms with E-state index in [-0.39, 0.29) is 0 Å². The Balaban J connectivity index is 1.34. The topological polar surface area (TPSA) is 39.2 Å². The van der Waals surface area contributed by atoms with Crippen molar-refractivity contribution in [3.63, 3.8) is 0 Å². The van der Waals surface area contributed by atoms with Crippen molar-refractivity contribution in [2.45, 2.75) is 5.41 Å². The van der Waals surface area contributed by atoms with Crippen molar-refractivity contribution in [3.05, 3.63) is 198 Å². The molecule has 0 atom stereocenters. The third-order valence-electron chi connectivity index (χ3n) is 10.9. The van der Waals surface area contributed by atoms with Crippen LogP contribution in [0.1, 0.15) is 22.3 Å². The Morgan fingerprint density at radius 3 is 1.67 bits per heavy atom. The molecule has 0 saturated heterocycles. The van der Waals surface area contributed by atoms with Crippen molar-refractivity contribution in [1.82, 2.24) is 4.98 Å². The molecule has 11 rings (SSSR count). The first-order chi connectivity index (χ1) is 25.3. The van der Waals surface area contributed by atoms with Gasteiger partial charge in [0.15, 0.2) is 0 Å². The lowest BCUT2D eigenvalue weighted by Gasteiger charge is -2.34. The van der Waals surface area contributed by atoms with Gasteiger partial charge in [-0.25, -0.2) is 0 Å². The van der Waals surface area contributed by atoms with E-state index in [4.69, 9.17) is 8.83 Å². The highest BCUT2D eigenvalue weighted by Crippen LogP contribution is 2.62. The van der Waals surface area contributed by atoms with Crippen molar-refractivity contribution >= 4 is 43.9 Å². The van der Waals surface area contributed by atoms with Crippen LogP contribution in [0.15, 0.2) is 185 Å². The van der Waals surface area contributed by atoms with Gasteiger partial charge < -0.3 is 8.83 Å². The second-order valence-electron chi connectivity index (χ2n) is 13.4. The molecule has 0 radical (unpaired) electrons. The fourth-order valence-electron chi connectivity index (χ4n) is 8.76. The maximum Gasteiger partial charge on any atom is 0.144 e. The molecule has 238 valence electrons. The van der Waals surface area contributed by atoms with Gasteiger partial charge >= 0.3 is 0 Å². The molecule has 0 N–H and O–H groups in total. The van der Waals surface area contributed by atoms with Crippen LogP contribution in [-0.2, 0) is 5.41 Å². The summed E-state index contributed by atoms with van der Waals surface area (Å²) in [6.45, 7) is 0. The van der Waals surface area contributed by atoms with Gasteiger partial charge in [0.05, 0.1) is 5.41 Å². The molecular formula is C48H29NO2. The number of hydrogen-bond acceptors (Lipinski definition) is 3. The van der Waals surface area contributed by atoms with Gasteiger partial charge in [0.1, 0.15) is 22.3 Å². The number of aromatic nitrogens is 1. The van der Waals surface area contributed by atoms with Crippen molar-refractivity contribution in [2.75, 3.05) is 0 Å². The molecule has 0 amide bonds. The normalized spacial score (nSPS) is 13.3. The first-order valence-corrected chi connectivity index (χ1v) is 17.4. The van der Waals surface area contributed by atoms with E-state index in [0.717, 1.165) is 71.7 Å². The Labute approximate surface area is 294 Å². The van der Waals surface area contributed by atoms with Crippen LogP contribution >= 0.6 is 0 Å². The van der Waals surface area contributed by atoms with Gasteiger partial charge in [-0.15, -0.1) is 0 Å². The first kappa shape index (κ1) is 28.2. The molecule has 51 heavy (non-hydrogen) atoms. The van der Waals surface area contributed by atoms with Gasteiger partial charge in [0.25, 0.3) is 0 Å². The molecule has 3 aromatic heterocycles. The molecule has 0 spiro atoms. The highest BCUT2D eigenvalue weighted by atomic mass is 16.3. The molecular weight excluding hydrogens is 623 g/mol. The summed E-state index contributed by atoms with van der Waals surface area (Å²) in [7, 11) is 0. The highest BCUT2D eigenvalue weighted by molar-refractivity contribution is 6.23. The Hall–Kier alpha value is -6.71. The maximum atomic E-state index is 7.07. The molecule has 0 fully saturated rings. The van der Waals surface area contributed by atoms with E-state index in [2.05, 4.69) is 163 Å². The summed E-state index contributed by atoms with van der Waals surface area (Å²) < 4.78 is 13.6. The van der Waals surface area contributed by atoms with Crippen LogP contribution in [0.2, 0.25) is 0 Å². The summed E-state index contributed by atoms with van der Waals surface area (Å²) in [6, 6.07) is 58.7. The number of rotatable bonds is 4. The lowest BCUT2D eigenvalue weighted by Crippen LogP contribution is -2.28. The minimum Gasteiger partial charge on any atom is -0.456 e. The zero-order chi connectivity index (χ0) is 33.5. The lowest BCUT2D eigenvalue weighted by atomic mass is 9.67. The summed E-state index contributed by atoms with van der Waals surface area (Å²) in [6.07, 6.45) is 3.69. The number of nitrogens with zero attached hydrogens (tertiary/aromatic N) is 1. The summed E-state index contributed by atoms with van der Waals surface area (Å²) in [5, 5.41) is 4.45. The van der Waals surface area contributed by atoms with Crippen molar-refractivity contribution in [1.29, 1.82) is 0 Å². The van der Waals surface area contributed by atoms with Crippen molar-refractivity contribution in [2.24, 2.45) is 0 Å². The van der Waals surface area contributed by atoms with Crippen molar-refractivity contribution < 1.29 is 8.83 Å². The fourth-order valence-corrected chi connectivity index (χ4v) is 8.76. The molecule has 10 aromatic rings. The second kappa shape index (κ2) is 10.6. The number of furan rings is 2. The van der Waals surface area contributed by atoms with Gasteiger partial charge in [-0.1, -0.05) is 127 Å². The summed E-state index contributed by atoms with van der Waals surface area (Å²) >= 11 is 0. The van der Waals surface area contributed by atoms with Crippen LogP contribution in [0.5, 0.6) is 0 Å². The van der Waals surface area contributed by atoms with Gasteiger partial charge in [0.2, 0.25) is 0 Å². The average molecular weight is 652 g/mol. The standard InChI is InChI=1S/C48H29NO2/c1-3-11-33(12-4-1)48(34-13-5-2-6-14-34)38-23-24-42-44(36-16-8-9-17-40(36)50-42)45(38)46-39(48)29-37(43-35-15-7-10-18-41(35)51-47(43)46)32-21-19-30(20-22-32)31-25-27-49-28-26-31/h1-29H. The van der Waals surface area contributed by atoms with E-state index in [9.17, 15) is 0 Å². The van der Waals surface area contributed by atoms with Crippen LogP contribution in [0.25, 0.3) is 77.3 Å². The molecule has 3 nitrogen and oxygen atoms in total. The van der Waals surface area contributed by atoms with Crippen LogP contribution in [0.4, 0.5) is 0 Å². The third-order valence-corrected chi connectivity index (χ3v) is 10.9. The number of benzene rings is 7. The van der Waals surface area contributed by atoms with Gasteiger partial charge in [-0.3, -0.25) is 4.98 Å². The van der Waals surface area contributed by atoms with Gasteiger partial charge in [-0.05, 0) is 80.9 Å². The monoisotopic (exact) mass is 651 g/mol. The third kappa shape index (κ3) is 3.86. The Morgan fingerprint density at radius 1 is 0.412 bits per heavy atom. The molecule has 0 aliphatic heterocycles. The molecule has 0 unspecified atom stereocenters. The molecule has 7 aromatic carbocycles. The largest absolute Gasteiger partial charge is 0.456 e. The average Bonchev–Trinajstić information content (AvgIpc) is 3.87. The maximum absolute atomic E-state index is 7.07. The molecule has 3 heteroatoms. The SMILES string of the molecule is c1ccc(C2(c3ccccc3)c3cc(-c4ccc(-c5ccncc5)cc4)c4c(oc5ccccc54)c3-c3c2ccc2oc4ccccc4c32)cc1. The van der Waals surface area contributed by atoms with Crippen molar-refractivity contribution in [3.8, 4) is 33.4 Å². The van der Waals surface area contributed by atoms with Crippen LogP contribution in [0.3, 0.4) is 0 Å². The Bertz CT molecular complexity index is 2900. The molecule has 3 heterocycles. The summed E-state index contributed by atoms with van der Waals surface area (Å²) in [4.78, 5) is 4.22. The number of pyridine rings is 1. The second-order valence-corrected chi connectivity index (χ2v) is 13.4. The minimum absolute atomic E-state index is 0.626. The van der Waals surface area contributed by atoms with E-state index in [0.29, 0.717) is 0 Å². The van der Waals surface area contributed by atoms with Crippen LogP contribution in [0, 0.1) is 0 Å². The molecule has 0 bridgehead atoms. The fraction of sp³-hybridized carbons (Fsp3) is 0.0208. The highest BCUT2D eigenvalue weighted by Gasteiger charge is 2.49. The Kier molecular flexibility index (Phi) is 5.88. The van der Waals surface area contributed by atoms with Crippen LogP contribution < -0.4 is 0 Å². The number of fused-ring (bicyclic) bond motifs is 11.